The fourth-order valence-electron chi connectivity index (χ4n) is 5.15. The lowest BCUT2D eigenvalue weighted by Gasteiger charge is -2.26. The molecule has 0 amide bonds. The first-order valence-corrected chi connectivity index (χ1v) is 14.4. The van der Waals surface area contributed by atoms with Crippen LogP contribution in [0.1, 0.15) is 27.0 Å². The van der Waals surface area contributed by atoms with E-state index in [1.54, 1.807) is 24.4 Å². The number of hydrogen-bond acceptors (Lipinski definition) is 6. The lowest BCUT2D eigenvalue weighted by atomic mass is 9.94. The first-order valence-electron chi connectivity index (χ1n) is 12.6. The monoisotopic (exact) mass is 582 g/mol. The highest BCUT2D eigenvalue weighted by molar-refractivity contribution is 7.91. The largest absolute Gasteiger partial charge is 0.492 e. The fraction of sp³-hybridized carbons (Fsp3) is 0.200. The normalized spacial score (nSPS) is 16.6. The second-order valence-corrected chi connectivity index (χ2v) is 12.0. The van der Waals surface area contributed by atoms with Gasteiger partial charge in [0.15, 0.2) is 15.6 Å². The number of aromatic nitrogens is 1. The predicted octanol–water partition coefficient (Wildman–Crippen LogP) is 5.20. The molecule has 1 saturated heterocycles. The minimum absolute atomic E-state index is 0. The van der Waals surface area contributed by atoms with Crippen molar-refractivity contribution in [3.63, 3.8) is 0 Å². The first-order chi connectivity index (χ1) is 18.8. The van der Waals surface area contributed by atoms with Gasteiger partial charge in [-0.2, -0.15) is 0 Å². The summed E-state index contributed by atoms with van der Waals surface area (Å²) in [5.41, 5.74) is 3.27. The van der Waals surface area contributed by atoms with Crippen LogP contribution in [-0.4, -0.2) is 61.8 Å². The molecule has 1 fully saturated rings. The van der Waals surface area contributed by atoms with E-state index < -0.39 is 21.5 Å². The Balaban J connectivity index is 0.00000323. The van der Waals surface area contributed by atoms with Crippen LogP contribution in [0.4, 0.5) is 8.78 Å². The van der Waals surface area contributed by atoms with Gasteiger partial charge in [-0.15, -0.1) is 12.4 Å². The van der Waals surface area contributed by atoms with Crippen molar-refractivity contribution in [2.24, 2.45) is 0 Å². The number of nitrogens with zero attached hydrogens (tertiary/aromatic N) is 2. The van der Waals surface area contributed by atoms with Crippen molar-refractivity contribution < 1.29 is 26.7 Å². The quantitative estimate of drug-likeness (QED) is 0.311. The Hall–Kier alpha value is -3.66. The number of benzene rings is 3. The fourth-order valence-corrected chi connectivity index (χ4v) is 6.43. The summed E-state index contributed by atoms with van der Waals surface area (Å²) in [4.78, 5) is 20.4. The summed E-state index contributed by atoms with van der Waals surface area (Å²) >= 11 is 0. The van der Waals surface area contributed by atoms with Gasteiger partial charge in [0.1, 0.15) is 24.0 Å². The van der Waals surface area contributed by atoms with Crippen molar-refractivity contribution in [2.75, 3.05) is 37.7 Å². The summed E-state index contributed by atoms with van der Waals surface area (Å²) in [7, 11) is -2.96. The van der Waals surface area contributed by atoms with E-state index in [4.69, 9.17) is 4.74 Å². The van der Waals surface area contributed by atoms with Gasteiger partial charge in [-0.05, 0) is 53.6 Å². The summed E-state index contributed by atoms with van der Waals surface area (Å²) < 4.78 is 57.8. The van der Waals surface area contributed by atoms with E-state index in [1.165, 1.54) is 12.1 Å². The van der Waals surface area contributed by atoms with Crippen LogP contribution in [0.15, 0.2) is 72.9 Å². The van der Waals surface area contributed by atoms with Gasteiger partial charge in [0.2, 0.25) is 0 Å². The molecule has 1 aliphatic carbocycles. The molecule has 0 bridgehead atoms. The van der Waals surface area contributed by atoms with E-state index in [1.807, 2.05) is 35.2 Å². The molecule has 2 aliphatic rings. The van der Waals surface area contributed by atoms with Gasteiger partial charge in [0.25, 0.3) is 0 Å². The van der Waals surface area contributed by atoms with Gasteiger partial charge in [-0.1, -0.05) is 18.2 Å². The second kappa shape index (κ2) is 11.1. The maximum atomic E-state index is 14.3. The summed E-state index contributed by atoms with van der Waals surface area (Å²) in [6.45, 7) is 1.81. The molecular weight excluding hydrogens is 558 g/mol. The SMILES string of the molecule is Cl.O=C1C(c2cnc3ccccc3c2)=C(c2cc(F)cc(F)c2)c2ccc(OCCN3CCS(=O)(=O)CC3)cc21. The lowest BCUT2D eigenvalue weighted by molar-refractivity contribution is 0.105. The number of pyridine rings is 1. The third-order valence-corrected chi connectivity index (χ3v) is 8.73. The molecule has 1 aromatic heterocycles. The molecule has 10 heteroatoms. The number of ether oxygens (including phenoxy) is 1. The number of carbonyl (C=O) groups is 1. The number of ketones is 1. The van der Waals surface area contributed by atoms with E-state index >= 15 is 0 Å². The van der Waals surface area contributed by atoms with E-state index in [9.17, 15) is 22.0 Å². The minimum atomic E-state index is -2.96. The maximum Gasteiger partial charge on any atom is 0.195 e. The van der Waals surface area contributed by atoms with E-state index in [2.05, 4.69) is 4.98 Å². The zero-order chi connectivity index (χ0) is 27.1. The summed E-state index contributed by atoms with van der Waals surface area (Å²) in [6, 6.07) is 17.7. The highest BCUT2D eigenvalue weighted by Gasteiger charge is 2.33. The average Bonchev–Trinajstić information content (AvgIpc) is 3.20. The number of hydrogen-bond donors (Lipinski definition) is 0. The van der Waals surface area contributed by atoms with Crippen LogP contribution in [0, 0.1) is 11.6 Å². The molecule has 0 radical (unpaired) electrons. The predicted molar refractivity (Wildman–Crippen MR) is 153 cm³/mol. The van der Waals surface area contributed by atoms with Crippen LogP contribution >= 0.6 is 12.4 Å². The van der Waals surface area contributed by atoms with Crippen molar-refractivity contribution in [1.29, 1.82) is 0 Å². The van der Waals surface area contributed by atoms with Gasteiger partial charge in [0, 0.05) is 59.6 Å². The molecule has 0 unspecified atom stereocenters. The van der Waals surface area contributed by atoms with Gasteiger partial charge in [-0.25, -0.2) is 17.2 Å². The number of allylic oxidation sites excluding steroid dienone is 1. The molecule has 6 nitrogen and oxygen atoms in total. The van der Waals surface area contributed by atoms with Crippen LogP contribution in [0.5, 0.6) is 5.75 Å². The zero-order valence-electron chi connectivity index (χ0n) is 21.3. The van der Waals surface area contributed by atoms with E-state index in [0.29, 0.717) is 59.8 Å². The molecule has 0 saturated carbocycles. The minimum Gasteiger partial charge on any atom is -0.492 e. The highest BCUT2D eigenvalue weighted by Crippen LogP contribution is 2.44. The Morgan fingerprint density at radius 1 is 0.850 bits per heavy atom. The van der Waals surface area contributed by atoms with Crippen molar-refractivity contribution in [3.05, 3.63) is 107 Å². The van der Waals surface area contributed by atoms with Gasteiger partial charge in [0.05, 0.1) is 17.0 Å². The van der Waals surface area contributed by atoms with Crippen LogP contribution in [-0.2, 0) is 9.84 Å². The molecule has 6 rings (SSSR count). The van der Waals surface area contributed by atoms with E-state index in [-0.39, 0.29) is 35.3 Å². The molecule has 0 N–H and O–H groups in total. The molecular formula is C30H25ClF2N2O4S. The lowest BCUT2D eigenvalue weighted by Crippen LogP contribution is -2.42. The van der Waals surface area contributed by atoms with Crippen LogP contribution < -0.4 is 4.74 Å². The number of rotatable bonds is 6. The summed E-state index contributed by atoms with van der Waals surface area (Å²) in [5, 5.41) is 0.838. The molecule has 1 aliphatic heterocycles. The van der Waals surface area contributed by atoms with Crippen molar-refractivity contribution in [3.8, 4) is 5.75 Å². The standard InChI is InChI=1S/C30H24F2N2O4S.ClH/c31-22-14-20(15-23(32)16-22)28-25-6-5-24(38-10-7-34-8-11-39(36,37)12-9-34)17-26(25)30(35)29(28)21-13-19-3-1-2-4-27(19)33-18-21;/h1-6,13-18H,7-12H2;1H. The number of carbonyl (C=O) groups excluding carboxylic acids is 1. The Labute approximate surface area is 236 Å². The third-order valence-electron chi connectivity index (χ3n) is 7.13. The van der Waals surface area contributed by atoms with Crippen molar-refractivity contribution in [2.45, 2.75) is 0 Å². The van der Waals surface area contributed by atoms with Gasteiger partial charge >= 0.3 is 0 Å². The molecule has 206 valence electrons. The van der Waals surface area contributed by atoms with Gasteiger partial charge in [-0.3, -0.25) is 14.7 Å². The first kappa shape index (κ1) is 27.9. The second-order valence-electron chi connectivity index (χ2n) is 9.70. The van der Waals surface area contributed by atoms with Crippen LogP contribution in [0.2, 0.25) is 0 Å². The maximum absolute atomic E-state index is 14.3. The Morgan fingerprint density at radius 2 is 1.57 bits per heavy atom. The highest BCUT2D eigenvalue weighted by atomic mass is 35.5. The summed E-state index contributed by atoms with van der Waals surface area (Å²) in [5.74, 6) is -0.994. The Morgan fingerprint density at radius 3 is 2.33 bits per heavy atom. The van der Waals surface area contributed by atoms with Crippen molar-refractivity contribution >= 4 is 50.1 Å². The number of sulfone groups is 1. The average molecular weight is 583 g/mol. The smallest absolute Gasteiger partial charge is 0.195 e. The van der Waals surface area contributed by atoms with Gasteiger partial charge < -0.3 is 4.74 Å². The topological polar surface area (TPSA) is 76.6 Å². The molecule has 3 aromatic carbocycles. The van der Waals surface area contributed by atoms with Crippen LogP contribution in [0.3, 0.4) is 0 Å². The molecule has 0 spiro atoms. The third kappa shape index (κ3) is 5.50. The Bertz CT molecular complexity index is 1740. The van der Waals surface area contributed by atoms with Crippen molar-refractivity contribution in [1.82, 2.24) is 9.88 Å². The number of halogens is 3. The van der Waals surface area contributed by atoms with Crippen LogP contribution in [0.25, 0.3) is 22.0 Å². The molecule has 0 atom stereocenters. The zero-order valence-corrected chi connectivity index (χ0v) is 22.9. The molecule has 2 heterocycles. The number of para-hydroxylation sites is 1. The number of fused-ring (bicyclic) bond motifs is 2. The molecule has 40 heavy (non-hydrogen) atoms. The molecule has 4 aromatic rings. The summed E-state index contributed by atoms with van der Waals surface area (Å²) in [6.07, 6.45) is 1.60. The Kier molecular flexibility index (Phi) is 7.72. The van der Waals surface area contributed by atoms with E-state index in [0.717, 1.165) is 17.0 Å². The number of Topliss-reactive ketones (excluding diaryl/α,β-unsaturated/α-hetero) is 1.